The molecule has 0 fully saturated rings. The van der Waals surface area contributed by atoms with E-state index < -0.39 is 6.10 Å². The number of rotatable bonds is 8. The minimum absolute atomic E-state index is 0. The van der Waals surface area contributed by atoms with Gasteiger partial charge in [-0.1, -0.05) is 12.1 Å². The fourth-order valence-electron chi connectivity index (χ4n) is 6.65. The number of ketones is 3. The Kier molecular flexibility index (Phi) is 14.2. The molecular weight excluding hydrogens is 694 g/mol. The zero-order valence-corrected chi connectivity index (χ0v) is 33.6. The van der Waals surface area contributed by atoms with Gasteiger partial charge in [0.2, 0.25) is 5.78 Å². The summed E-state index contributed by atoms with van der Waals surface area (Å²) in [6.45, 7) is 8.16. The van der Waals surface area contributed by atoms with Gasteiger partial charge in [0.05, 0.1) is 17.0 Å². The quantitative estimate of drug-likeness (QED) is 0.178. The number of aryl methyl sites for hydroxylation is 6. The van der Waals surface area contributed by atoms with E-state index in [0.29, 0.717) is 55.0 Å². The van der Waals surface area contributed by atoms with Crippen LogP contribution in [0.25, 0.3) is 11.3 Å². The average Bonchev–Trinajstić information content (AvgIpc) is 3.88. The molecule has 0 amide bonds. The number of aliphatic hydroxyl groups excluding tert-OH is 2. The van der Waals surface area contributed by atoms with Crippen molar-refractivity contribution in [3.8, 4) is 11.5 Å². The molecule has 11 nitrogen and oxygen atoms in total. The first-order valence-corrected chi connectivity index (χ1v) is 17.2. The molecule has 3 radical (unpaired) electrons. The Labute approximate surface area is 339 Å². The Balaban J connectivity index is 0.000000269. The molecule has 2 N–H and O–H groups in total. The maximum atomic E-state index is 12.8. The number of carbonyl (C=O) groups is 3. The number of nitrogens with zero attached hydrogens (tertiary/aromatic N) is 4. The van der Waals surface area contributed by atoms with Crippen LogP contribution in [0.3, 0.4) is 0 Å². The number of carbonyl (C=O) groups excluding carboxylic acids is 3. The van der Waals surface area contributed by atoms with Gasteiger partial charge in [-0.05, 0) is 111 Å². The molecule has 0 bridgehead atoms. The van der Waals surface area contributed by atoms with E-state index in [1.54, 1.807) is 0 Å². The number of pyridine rings is 2. The van der Waals surface area contributed by atoms with E-state index in [-0.39, 0.29) is 63.4 Å². The van der Waals surface area contributed by atoms with Crippen LogP contribution in [0.15, 0.2) is 73.1 Å². The Morgan fingerprint density at radius 2 is 1.26 bits per heavy atom. The molecule has 2 aromatic carbocycles. The summed E-state index contributed by atoms with van der Waals surface area (Å²) < 4.78 is 14.4. The number of aromatic nitrogens is 4. The average molecular weight is 738 g/mol. The first kappa shape index (κ1) is 42.2. The number of hydrogen-bond acceptors (Lipinski definition) is 9. The second-order valence-electron chi connectivity index (χ2n) is 13.0. The number of Topliss-reactive ketones (excluding diaryl/α,β-unsaturated/α-hetero) is 3. The first-order valence-electron chi connectivity index (χ1n) is 17.2. The fourth-order valence-corrected chi connectivity index (χ4v) is 6.65. The van der Waals surface area contributed by atoms with Gasteiger partial charge in [0.25, 0.3) is 0 Å². The molecule has 54 heavy (non-hydrogen) atoms. The van der Waals surface area contributed by atoms with Crippen LogP contribution < -0.4 is 39.0 Å². The summed E-state index contributed by atoms with van der Waals surface area (Å²) in [4.78, 5) is 46.3. The van der Waals surface area contributed by atoms with Gasteiger partial charge < -0.3 is 21.1 Å². The predicted molar refractivity (Wildman–Crippen MR) is 203 cm³/mol. The molecule has 8 rings (SSSR count). The van der Waals surface area contributed by atoms with Gasteiger partial charge in [0.15, 0.2) is 18.2 Å². The molecule has 2 aliphatic heterocycles. The molecule has 273 valence electrons. The molecule has 1 atom stereocenters. The molecular formula is C41H43BN4NaO7. The summed E-state index contributed by atoms with van der Waals surface area (Å²) in [5.41, 5.74) is 10.0. The molecule has 0 spiro atoms. The second kappa shape index (κ2) is 18.2. The third-order valence-corrected chi connectivity index (χ3v) is 9.25. The van der Waals surface area contributed by atoms with Crippen LogP contribution in [0.5, 0.6) is 11.5 Å². The van der Waals surface area contributed by atoms with Crippen LogP contribution in [0.4, 0.5) is 0 Å². The molecule has 13 heteroatoms. The van der Waals surface area contributed by atoms with Crippen molar-refractivity contribution in [2.75, 3.05) is 20.3 Å². The largest absolute Gasteiger partial charge is 1.00 e. The Hall–Kier alpha value is -4.59. The van der Waals surface area contributed by atoms with E-state index in [9.17, 15) is 19.5 Å². The smallest absolute Gasteiger partial charge is 1.00 e. The number of aliphatic hydroxyl groups is 2. The van der Waals surface area contributed by atoms with E-state index >= 15 is 0 Å². The van der Waals surface area contributed by atoms with Crippen LogP contribution in [0.2, 0.25) is 0 Å². The van der Waals surface area contributed by atoms with E-state index in [1.165, 1.54) is 0 Å². The second-order valence-corrected chi connectivity index (χ2v) is 13.0. The molecule has 6 aromatic rings. The number of hydrogen-bond donors (Lipinski definition) is 2. The normalized spacial score (nSPS) is 13.6. The van der Waals surface area contributed by atoms with Crippen LogP contribution >= 0.6 is 0 Å². The van der Waals surface area contributed by atoms with Gasteiger partial charge in [-0.2, -0.15) is 0 Å². The van der Waals surface area contributed by atoms with Crippen molar-refractivity contribution in [3.05, 3.63) is 129 Å². The molecule has 1 unspecified atom stereocenters. The minimum Gasteiger partial charge on any atom is -1.00 e. The van der Waals surface area contributed by atoms with Gasteiger partial charge in [0, 0.05) is 46.3 Å². The number of ether oxygens (including phenoxy) is 2. The van der Waals surface area contributed by atoms with Crippen molar-refractivity contribution in [1.29, 1.82) is 0 Å². The van der Waals surface area contributed by atoms with Gasteiger partial charge in [-0.25, -0.2) is 9.97 Å². The van der Waals surface area contributed by atoms with E-state index in [4.69, 9.17) is 14.6 Å². The Morgan fingerprint density at radius 1 is 0.759 bits per heavy atom. The van der Waals surface area contributed by atoms with Crippen LogP contribution in [0, 0.1) is 27.7 Å². The number of imidazole rings is 2. The van der Waals surface area contributed by atoms with Crippen molar-refractivity contribution in [2.45, 2.75) is 59.5 Å². The summed E-state index contributed by atoms with van der Waals surface area (Å²) in [6.07, 6.45) is 5.20. The first-order chi connectivity index (χ1) is 25.0. The van der Waals surface area contributed by atoms with Crippen molar-refractivity contribution < 1.29 is 65.1 Å². The van der Waals surface area contributed by atoms with Crippen LogP contribution in [-0.4, -0.2) is 75.1 Å². The van der Waals surface area contributed by atoms with Gasteiger partial charge in [-0.15, -0.1) is 0 Å². The van der Waals surface area contributed by atoms with E-state index in [1.807, 2.05) is 110 Å². The van der Waals surface area contributed by atoms with Crippen LogP contribution in [0.1, 0.15) is 90.9 Å². The van der Waals surface area contributed by atoms with Gasteiger partial charge in [-0.3, -0.25) is 23.2 Å². The van der Waals surface area contributed by atoms with Gasteiger partial charge in [0.1, 0.15) is 46.9 Å². The summed E-state index contributed by atoms with van der Waals surface area (Å²) in [7, 11) is 1.00. The zero-order valence-electron chi connectivity index (χ0n) is 32.6. The summed E-state index contributed by atoms with van der Waals surface area (Å²) in [6, 6.07) is 19.2. The summed E-state index contributed by atoms with van der Waals surface area (Å²) in [5, 5.41) is 16.9. The summed E-state index contributed by atoms with van der Waals surface area (Å²) in [5.74, 6) is 1.49. The van der Waals surface area contributed by atoms with Crippen molar-refractivity contribution in [3.63, 3.8) is 0 Å². The van der Waals surface area contributed by atoms with Crippen molar-refractivity contribution in [1.82, 2.24) is 18.8 Å². The predicted octanol–water partition coefficient (Wildman–Crippen LogP) is 2.88. The maximum absolute atomic E-state index is 12.8. The molecule has 4 aromatic heterocycles. The Morgan fingerprint density at radius 3 is 1.80 bits per heavy atom. The Bertz CT molecular complexity index is 2340. The van der Waals surface area contributed by atoms with Gasteiger partial charge >= 0.3 is 29.6 Å². The van der Waals surface area contributed by atoms with Crippen molar-refractivity contribution >= 4 is 37.1 Å². The molecule has 0 saturated carbocycles. The molecule has 2 aliphatic rings. The molecule has 0 aliphatic carbocycles. The van der Waals surface area contributed by atoms with E-state index in [2.05, 4.69) is 9.97 Å². The third-order valence-electron chi connectivity index (χ3n) is 9.25. The standard InChI is InChI=1S/C20H20N2O3.C20H18N2O3.CH4O.B.Na.H/c2*1-12-7-8-22-19(9-12)21-13(2)20(22)16(23)5-3-14-4-6-18-15(10-14)17(24)11-25-18;1-2;;;/h4,6-10,17,24H,3,5,11H2,1-2H3;4,6-10H,3,5,11H2,1-2H3;2H,1H3;;;/q;;;;+1;-1. The number of fused-ring (bicyclic) bond motifs is 4. The fraction of sp³-hybridized carbons (Fsp3) is 0.293. The van der Waals surface area contributed by atoms with Crippen molar-refractivity contribution in [2.24, 2.45) is 0 Å². The topological polar surface area (TPSA) is 145 Å². The zero-order chi connectivity index (χ0) is 37.1. The summed E-state index contributed by atoms with van der Waals surface area (Å²) >= 11 is 0. The maximum Gasteiger partial charge on any atom is 1.00 e. The third kappa shape index (κ3) is 8.85. The molecule has 6 heterocycles. The number of benzene rings is 2. The van der Waals surface area contributed by atoms with E-state index in [0.717, 1.165) is 63.4 Å². The molecule has 0 saturated heterocycles. The SMILES string of the molecule is CO.Cc1ccn2c(C(=O)CCc3ccc4c(c3)C(=O)CO4)c(C)nc2c1.Cc1ccn2c(C(=O)CCc3ccc4c(c3)C(O)CO4)c(C)nc2c1.[B].[H-].[Na+]. The minimum atomic E-state index is -0.574. The van der Waals surface area contributed by atoms with Crippen LogP contribution in [-0.2, 0) is 12.8 Å². The monoisotopic (exact) mass is 737 g/mol.